The molecule has 2 heterocycles. The van der Waals surface area contributed by atoms with E-state index in [1.54, 1.807) is 12.1 Å². The molecule has 1 aromatic heterocycles. The first-order chi connectivity index (χ1) is 12.9. The topological polar surface area (TPSA) is 83.5 Å². The van der Waals surface area contributed by atoms with Gasteiger partial charge in [0.2, 0.25) is 0 Å². The maximum absolute atomic E-state index is 13.2. The SMILES string of the molecule is CN1CCN(C(=O)c2ccccc2S(C)(=O)=O)c2nc3ccccc3nc21. The molecule has 0 aliphatic carbocycles. The first-order valence-electron chi connectivity index (χ1n) is 8.45. The third kappa shape index (κ3) is 3.02. The normalized spacial score (nSPS) is 14.3. The first kappa shape index (κ1) is 17.4. The van der Waals surface area contributed by atoms with Gasteiger partial charge < -0.3 is 4.90 Å². The molecule has 27 heavy (non-hydrogen) atoms. The maximum Gasteiger partial charge on any atom is 0.260 e. The molecule has 7 nitrogen and oxygen atoms in total. The van der Waals surface area contributed by atoms with E-state index in [1.165, 1.54) is 17.0 Å². The van der Waals surface area contributed by atoms with Crippen molar-refractivity contribution in [1.82, 2.24) is 9.97 Å². The lowest BCUT2D eigenvalue weighted by molar-refractivity contribution is 0.0982. The van der Waals surface area contributed by atoms with Crippen LogP contribution in [0.4, 0.5) is 11.6 Å². The number of carbonyl (C=O) groups is 1. The Hall–Kier alpha value is -3.00. The number of nitrogens with zero attached hydrogens (tertiary/aromatic N) is 4. The van der Waals surface area contributed by atoms with E-state index in [2.05, 4.69) is 9.97 Å². The molecule has 0 unspecified atom stereocenters. The van der Waals surface area contributed by atoms with Crippen molar-refractivity contribution < 1.29 is 13.2 Å². The Morgan fingerprint density at radius 1 is 0.926 bits per heavy atom. The summed E-state index contributed by atoms with van der Waals surface area (Å²) >= 11 is 0. The van der Waals surface area contributed by atoms with E-state index >= 15 is 0 Å². The molecule has 0 N–H and O–H groups in total. The van der Waals surface area contributed by atoms with E-state index < -0.39 is 15.7 Å². The lowest BCUT2D eigenvalue weighted by Gasteiger charge is -2.34. The highest BCUT2D eigenvalue weighted by molar-refractivity contribution is 7.90. The Kier molecular flexibility index (Phi) is 4.07. The Bertz CT molecular complexity index is 1160. The van der Waals surface area contributed by atoms with E-state index in [9.17, 15) is 13.2 Å². The van der Waals surface area contributed by atoms with Crippen LogP contribution in [0.15, 0.2) is 53.4 Å². The van der Waals surface area contributed by atoms with Crippen LogP contribution in [0.25, 0.3) is 11.0 Å². The molecule has 1 aliphatic rings. The molecule has 0 atom stereocenters. The van der Waals surface area contributed by atoms with E-state index in [-0.39, 0.29) is 10.5 Å². The van der Waals surface area contributed by atoms with Crippen molar-refractivity contribution in [2.75, 3.05) is 36.2 Å². The fraction of sp³-hybridized carbons (Fsp3) is 0.211. The van der Waals surface area contributed by atoms with Crippen LogP contribution in [-0.4, -0.2) is 50.7 Å². The van der Waals surface area contributed by atoms with Crippen LogP contribution in [-0.2, 0) is 9.84 Å². The summed E-state index contributed by atoms with van der Waals surface area (Å²) in [4.78, 5) is 26.0. The van der Waals surface area contributed by atoms with Gasteiger partial charge in [-0.3, -0.25) is 9.69 Å². The average Bonchev–Trinajstić information content (AvgIpc) is 2.66. The summed E-state index contributed by atoms with van der Waals surface area (Å²) in [6.45, 7) is 0.972. The third-order valence-corrected chi connectivity index (χ3v) is 5.73. The van der Waals surface area contributed by atoms with Gasteiger partial charge in [-0.15, -0.1) is 0 Å². The highest BCUT2D eigenvalue weighted by Gasteiger charge is 2.31. The highest BCUT2D eigenvalue weighted by Crippen LogP contribution is 2.32. The van der Waals surface area contributed by atoms with Crippen LogP contribution in [0.2, 0.25) is 0 Å². The summed E-state index contributed by atoms with van der Waals surface area (Å²) in [5, 5.41) is 0. The van der Waals surface area contributed by atoms with E-state index in [1.807, 2.05) is 36.2 Å². The van der Waals surface area contributed by atoms with Gasteiger partial charge in [0.05, 0.1) is 21.5 Å². The van der Waals surface area contributed by atoms with Crippen molar-refractivity contribution in [2.45, 2.75) is 4.90 Å². The molecule has 138 valence electrons. The van der Waals surface area contributed by atoms with Crippen LogP contribution in [0.3, 0.4) is 0 Å². The quantitative estimate of drug-likeness (QED) is 0.675. The van der Waals surface area contributed by atoms with Crippen molar-refractivity contribution in [1.29, 1.82) is 0 Å². The van der Waals surface area contributed by atoms with Gasteiger partial charge in [-0.25, -0.2) is 18.4 Å². The van der Waals surface area contributed by atoms with Gasteiger partial charge in [-0.2, -0.15) is 0 Å². The van der Waals surface area contributed by atoms with Crippen LogP contribution in [0.5, 0.6) is 0 Å². The molecule has 1 aliphatic heterocycles. The van der Waals surface area contributed by atoms with Crippen LogP contribution >= 0.6 is 0 Å². The van der Waals surface area contributed by atoms with Crippen molar-refractivity contribution in [3.8, 4) is 0 Å². The summed E-state index contributed by atoms with van der Waals surface area (Å²) in [6.07, 6.45) is 1.10. The van der Waals surface area contributed by atoms with Gasteiger partial charge in [0, 0.05) is 26.4 Å². The van der Waals surface area contributed by atoms with Gasteiger partial charge >= 0.3 is 0 Å². The average molecular weight is 382 g/mol. The van der Waals surface area contributed by atoms with Gasteiger partial charge in [0.15, 0.2) is 21.5 Å². The second-order valence-corrected chi connectivity index (χ2v) is 8.49. The summed E-state index contributed by atoms with van der Waals surface area (Å²) in [5.41, 5.74) is 1.57. The fourth-order valence-corrected chi connectivity index (χ4v) is 4.07. The zero-order chi connectivity index (χ0) is 19.2. The van der Waals surface area contributed by atoms with Crippen molar-refractivity contribution >= 4 is 38.4 Å². The van der Waals surface area contributed by atoms with Gasteiger partial charge in [-0.05, 0) is 24.3 Å². The van der Waals surface area contributed by atoms with Gasteiger partial charge in [-0.1, -0.05) is 24.3 Å². The molecule has 0 fully saturated rings. The second kappa shape index (κ2) is 6.31. The predicted octanol–water partition coefficient (Wildman–Crippen LogP) is 2.13. The zero-order valence-electron chi connectivity index (χ0n) is 15.0. The molecule has 3 aromatic rings. The van der Waals surface area contributed by atoms with Crippen LogP contribution in [0.1, 0.15) is 10.4 Å². The van der Waals surface area contributed by atoms with Crippen molar-refractivity contribution in [3.05, 3.63) is 54.1 Å². The second-order valence-electron chi connectivity index (χ2n) is 6.51. The summed E-state index contributed by atoms with van der Waals surface area (Å²) < 4.78 is 24.2. The molecular formula is C19H18N4O3S. The number of rotatable bonds is 2. The lowest BCUT2D eigenvalue weighted by Crippen LogP contribution is -2.44. The summed E-state index contributed by atoms with van der Waals surface area (Å²) in [7, 11) is -1.64. The minimum atomic E-state index is -3.53. The third-order valence-electron chi connectivity index (χ3n) is 4.57. The minimum absolute atomic E-state index is 0.0178. The number of sulfone groups is 1. The Balaban J connectivity index is 1.87. The molecule has 0 saturated heterocycles. The molecule has 0 saturated carbocycles. The van der Waals surface area contributed by atoms with E-state index in [0.717, 1.165) is 11.8 Å². The lowest BCUT2D eigenvalue weighted by atomic mass is 10.1. The highest BCUT2D eigenvalue weighted by atomic mass is 32.2. The Morgan fingerprint density at radius 3 is 2.19 bits per heavy atom. The summed E-state index contributed by atoms with van der Waals surface area (Å²) in [6, 6.07) is 13.7. The molecule has 0 bridgehead atoms. The number of hydrogen-bond donors (Lipinski definition) is 0. The van der Waals surface area contributed by atoms with E-state index in [4.69, 9.17) is 0 Å². The van der Waals surface area contributed by atoms with Gasteiger partial charge in [0.1, 0.15) is 0 Å². The van der Waals surface area contributed by atoms with E-state index in [0.29, 0.717) is 30.2 Å². The Morgan fingerprint density at radius 2 is 1.52 bits per heavy atom. The standard InChI is InChI=1S/C19H18N4O3S/c1-22-11-12-23(18-17(22)20-14-8-4-5-9-15(14)21-18)19(24)13-7-3-6-10-16(13)27(2,25)26/h3-10H,11-12H2,1-2H3. The number of likely N-dealkylation sites (N-methyl/N-ethyl adjacent to an activating group) is 1. The molecule has 0 radical (unpaired) electrons. The van der Waals surface area contributed by atoms with Crippen molar-refractivity contribution in [3.63, 3.8) is 0 Å². The first-order valence-corrected chi connectivity index (χ1v) is 10.3. The number of fused-ring (bicyclic) bond motifs is 2. The largest absolute Gasteiger partial charge is 0.355 e. The molecule has 8 heteroatoms. The monoisotopic (exact) mass is 382 g/mol. The number of hydrogen-bond acceptors (Lipinski definition) is 6. The van der Waals surface area contributed by atoms with Crippen LogP contribution in [0, 0.1) is 0 Å². The molecule has 2 aromatic carbocycles. The Labute approximate surface area is 157 Å². The molecule has 4 rings (SSSR count). The predicted molar refractivity (Wildman–Crippen MR) is 104 cm³/mol. The molecule has 0 spiro atoms. The number of carbonyl (C=O) groups excluding carboxylic acids is 1. The maximum atomic E-state index is 13.2. The van der Waals surface area contributed by atoms with Gasteiger partial charge in [0.25, 0.3) is 5.91 Å². The van der Waals surface area contributed by atoms with Crippen molar-refractivity contribution in [2.24, 2.45) is 0 Å². The van der Waals surface area contributed by atoms with Crippen LogP contribution < -0.4 is 9.80 Å². The molecule has 1 amide bonds. The minimum Gasteiger partial charge on any atom is -0.355 e. The molecular weight excluding hydrogens is 364 g/mol. The zero-order valence-corrected chi connectivity index (χ0v) is 15.8. The number of amides is 1. The smallest absolute Gasteiger partial charge is 0.260 e. The number of aromatic nitrogens is 2. The fourth-order valence-electron chi connectivity index (χ4n) is 3.19. The number of anilines is 2. The number of para-hydroxylation sites is 2. The summed E-state index contributed by atoms with van der Waals surface area (Å²) in [5.74, 6) is 0.649. The number of benzene rings is 2.